The normalized spacial score (nSPS) is 26.7. The second-order valence-electron chi connectivity index (χ2n) is 30.8. The van der Waals surface area contributed by atoms with Crippen molar-refractivity contribution in [3.63, 3.8) is 0 Å². The number of carbonyl (C=O) groups is 4. The third-order valence-corrected chi connectivity index (χ3v) is 28.1. The van der Waals surface area contributed by atoms with Crippen LogP contribution in [-0.4, -0.2) is 183 Å². The van der Waals surface area contributed by atoms with Gasteiger partial charge in [0.2, 0.25) is 11.8 Å². The number of methoxy groups -OCH3 is 2. The van der Waals surface area contributed by atoms with Gasteiger partial charge in [0.25, 0.3) is 11.8 Å². The molecular formula is C76H98N10O10S2. The summed E-state index contributed by atoms with van der Waals surface area (Å²) in [5, 5.41) is 2.18. The predicted molar refractivity (Wildman–Crippen MR) is 380 cm³/mol. The van der Waals surface area contributed by atoms with Crippen LogP contribution in [0, 0.1) is 10.8 Å². The second-order valence-corrected chi connectivity index (χ2v) is 34.2. The average molecular weight is 1380 g/mol. The first-order valence-electron chi connectivity index (χ1n) is 36.4. The van der Waals surface area contributed by atoms with Gasteiger partial charge in [-0.1, -0.05) is 64.5 Å². The van der Waals surface area contributed by atoms with E-state index in [0.29, 0.717) is 30.5 Å². The van der Waals surface area contributed by atoms with Gasteiger partial charge in [-0.2, -0.15) is 25.4 Å². The van der Waals surface area contributed by atoms with Crippen LogP contribution in [0.3, 0.4) is 0 Å². The van der Waals surface area contributed by atoms with E-state index >= 15 is 9.59 Å². The van der Waals surface area contributed by atoms with Crippen molar-refractivity contribution in [3.05, 3.63) is 106 Å². The number of aromatic nitrogens is 2. The molecule has 0 radical (unpaired) electrons. The molecule has 8 unspecified atom stereocenters. The van der Waals surface area contributed by atoms with E-state index in [9.17, 15) is 26.4 Å². The second kappa shape index (κ2) is 25.4. The number of carbonyl (C=O) groups excluding carboxylic acids is 4. The van der Waals surface area contributed by atoms with Gasteiger partial charge in [-0.15, -0.1) is 0 Å². The van der Waals surface area contributed by atoms with Crippen molar-refractivity contribution in [1.29, 1.82) is 0 Å². The predicted octanol–water partition coefficient (Wildman–Crippen LogP) is 10.9. The molecule has 8 fully saturated rings. The van der Waals surface area contributed by atoms with Gasteiger partial charge in [0.05, 0.1) is 36.4 Å². The highest BCUT2D eigenvalue weighted by atomic mass is 32.2. The summed E-state index contributed by atoms with van der Waals surface area (Å²) in [6.45, 7) is 12.3. The number of nitrogens with zero attached hydrogens (tertiary/aromatic N) is 8. The number of benzene rings is 4. The van der Waals surface area contributed by atoms with Gasteiger partial charge in [0.15, 0.2) is 0 Å². The van der Waals surface area contributed by atoms with Crippen LogP contribution in [-0.2, 0) is 43.1 Å². The third kappa shape index (κ3) is 11.2. The van der Waals surface area contributed by atoms with Crippen LogP contribution in [0.25, 0.3) is 44.3 Å². The first kappa shape index (κ1) is 67.0. The average Bonchev–Trinajstić information content (AvgIpc) is 1.52. The molecule has 16 rings (SSSR count). The van der Waals surface area contributed by atoms with Gasteiger partial charge in [-0.05, 0) is 187 Å². The maximum atomic E-state index is 15.0. The Morgan fingerprint density at radius 1 is 0.541 bits per heavy atom. The highest BCUT2D eigenvalue weighted by Gasteiger charge is 2.67. The highest BCUT2D eigenvalue weighted by molar-refractivity contribution is 7.88. The molecule has 4 amide bonds. The lowest BCUT2D eigenvalue weighted by Gasteiger charge is -2.41. The van der Waals surface area contributed by atoms with Crippen molar-refractivity contribution in [3.8, 4) is 34.0 Å². The topological polar surface area (TPSA) is 208 Å². The lowest BCUT2D eigenvalue weighted by molar-refractivity contribution is -0.144. The molecule has 4 saturated heterocycles. The summed E-state index contributed by atoms with van der Waals surface area (Å²) in [4.78, 5) is 66.5. The minimum Gasteiger partial charge on any atom is -0.497 e. The number of rotatable bonds is 15. The number of ether oxygens (including phenoxy) is 2. The summed E-state index contributed by atoms with van der Waals surface area (Å²) in [6.07, 6.45) is 17.3. The molecule has 20 nitrogen and oxygen atoms in total. The molecule has 4 aromatic carbocycles. The zero-order chi connectivity index (χ0) is 68.6. The molecule has 8 atom stereocenters. The Balaban J connectivity index is 0.000000160. The monoisotopic (exact) mass is 1370 g/mol. The van der Waals surface area contributed by atoms with E-state index in [0.717, 1.165) is 151 Å². The molecule has 0 spiro atoms. The molecule has 524 valence electrons. The Kier molecular flexibility index (Phi) is 17.3. The summed E-state index contributed by atoms with van der Waals surface area (Å²) in [5.41, 5.74) is 10.7. The SMILES string of the molecule is CCN(CC)S(=O)(=O)NC(=O)c1ccc2c(C3CCCCC3)c3n(c2c1)CC1(C(=O)N2C4CCC2CN(C)C4)CC1c1cc(OC)ccc1-3.COc1ccc2c(c1)C1CC1(C(=O)N1C3CCC1CN(C)C3)Cn1c-2c(C2CCCCC2)c2ccc(C(=O)NS(=O)(=O)N(C)C(C)C)cc21. The molecule has 4 bridgehead atoms. The Bertz CT molecular complexity index is 4140. The van der Waals surface area contributed by atoms with Gasteiger partial charge in [-0.3, -0.25) is 19.2 Å². The van der Waals surface area contributed by atoms with Gasteiger partial charge in [0.1, 0.15) is 11.5 Å². The van der Waals surface area contributed by atoms with Crippen molar-refractivity contribution < 1.29 is 45.5 Å². The van der Waals surface area contributed by atoms with Gasteiger partial charge in [-0.25, -0.2) is 9.44 Å². The fourth-order valence-corrected chi connectivity index (χ4v) is 21.8. The number of piperazine rings is 2. The van der Waals surface area contributed by atoms with Crippen molar-refractivity contribution >= 4 is 65.9 Å². The first-order valence-corrected chi connectivity index (χ1v) is 39.2. The van der Waals surface area contributed by atoms with Crippen LogP contribution in [0.1, 0.15) is 197 Å². The van der Waals surface area contributed by atoms with E-state index in [1.807, 2.05) is 36.4 Å². The van der Waals surface area contributed by atoms with E-state index in [4.69, 9.17) is 9.47 Å². The zero-order valence-corrected chi connectivity index (χ0v) is 60.2. The number of amides is 4. The molecule has 2 aromatic heterocycles. The first-order chi connectivity index (χ1) is 47.0. The van der Waals surface area contributed by atoms with Crippen molar-refractivity contribution in [2.45, 2.75) is 197 Å². The summed E-state index contributed by atoms with van der Waals surface area (Å²) >= 11 is 0. The number of hydrogen-bond acceptors (Lipinski definition) is 12. The Morgan fingerprint density at radius 3 is 1.30 bits per heavy atom. The van der Waals surface area contributed by atoms with Gasteiger partial charge < -0.3 is 38.2 Å². The number of nitrogens with one attached hydrogen (secondary N) is 2. The van der Waals surface area contributed by atoms with Gasteiger partial charge >= 0.3 is 20.4 Å². The van der Waals surface area contributed by atoms with E-state index in [-0.39, 0.29) is 72.5 Å². The molecule has 98 heavy (non-hydrogen) atoms. The molecule has 4 saturated carbocycles. The van der Waals surface area contributed by atoms with E-state index in [1.165, 1.54) is 72.1 Å². The van der Waals surface area contributed by atoms with Crippen molar-refractivity contribution in [2.75, 3.05) is 74.6 Å². The molecule has 10 aliphatic rings. The fraction of sp³-hybridized carbons (Fsp3) is 0.579. The third-order valence-electron chi connectivity index (χ3n) is 24.8. The number of fused-ring (bicyclic) bond motifs is 18. The van der Waals surface area contributed by atoms with Crippen LogP contribution < -0.4 is 18.9 Å². The van der Waals surface area contributed by atoms with Crippen molar-refractivity contribution in [1.82, 2.24) is 46.8 Å². The molecule has 4 aliphatic carbocycles. The molecular weight excluding hydrogens is 1280 g/mol. The van der Waals surface area contributed by atoms with E-state index in [2.05, 4.69) is 76.5 Å². The summed E-state index contributed by atoms with van der Waals surface area (Å²) in [5.74, 6) is 1.67. The number of hydrogen-bond donors (Lipinski definition) is 2. The summed E-state index contributed by atoms with van der Waals surface area (Å²) in [6, 6.07) is 24.6. The maximum Gasteiger partial charge on any atom is 0.304 e. The van der Waals surface area contributed by atoms with Crippen LogP contribution in [0.15, 0.2) is 72.8 Å². The molecule has 8 heterocycles. The number of likely N-dealkylation sites (tertiary alicyclic amines) is 2. The van der Waals surface area contributed by atoms with Crippen LogP contribution in [0.5, 0.6) is 11.5 Å². The van der Waals surface area contributed by atoms with Crippen LogP contribution in [0.2, 0.25) is 0 Å². The molecule has 6 aromatic rings. The van der Waals surface area contributed by atoms with Gasteiger partial charge in [0, 0.05) is 146 Å². The smallest absolute Gasteiger partial charge is 0.304 e. The summed E-state index contributed by atoms with van der Waals surface area (Å²) < 4.78 is 75.3. The van der Waals surface area contributed by atoms with E-state index < -0.39 is 43.1 Å². The van der Waals surface area contributed by atoms with Crippen LogP contribution in [0.4, 0.5) is 0 Å². The van der Waals surface area contributed by atoms with Crippen LogP contribution >= 0.6 is 0 Å². The molecule has 2 N–H and O–H groups in total. The fourth-order valence-electron chi connectivity index (χ4n) is 19.6. The lowest BCUT2D eigenvalue weighted by atomic mass is 9.81. The quantitative estimate of drug-likeness (QED) is 0.0984. The van der Waals surface area contributed by atoms with E-state index in [1.54, 1.807) is 54.0 Å². The Labute approximate surface area is 578 Å². The summed E-state index contributed by atoms with van der Waals surface area (Å²) in [7, 11) is 1.16. The minimum atomic E-state index is -4.02. The lowest BCUT2D eigenvalue weighted by Crippen LogP contribution is -2.57. The largest absolute Gasteiger partial charge is 0.497 e. The standard InChI is InChI=1S/2C38H49N5O5S/c1-23(2)41(4)49(46,47)39-36(44)25-11-15-30-33(17-25)42-22-38(37(45)43-26-12-13-27(43)21-40(3)20-26)19-32(38)31-18-28(48-5)14-16-29(31)35(42)34(30)24-9-7-6-8-10-24;1-5-41(6-2)49(46,47)39-36(44)25-12-16-30-33(18-25)42-23-38(37(45)43-26-13-14-27(43)22-40(3)21-26)20-32(38)31-19-28(48-4)15-17-29(31)35(42)34(30)24-10-8-7-9-11-24/h11,14-18,23-24,26-27,32H,6-10,12-13,19-22H2,1-5H3,(H,39,44);12,15-19,24,26-27,32H,5-11,13-14,20-23H2,1-4H3,(H,39,44). The van der Waals surface area contributed by atoms with Crippen molar-refractivity contribution in [2.24, 2.45) is 10.8 Å². The molecule has 22 heteroatoms. The maximum absolute atomic E-state index is 15.0. The highest BCUT2D eigenvalue weighted by Crippen LogP contribution is 2.69. The number of likely N-dealkylation sites (N-methyl/N-ethyl adjacent to an activating group) is 2. The minimum absolute atomic E-state index is 0.0708. The Morgan fingerprint density at radius 2 is 0.929 bits per heavy atom. The Hall–Kier alpha value is -6.82. The zero-order valence-electron chi connectivity index (χ0n) is 58.6. The molecule has 6 aliphatic heterocycles.